The molecule has 0 radical (unpaired) electrons. The van der Waals surface area contributed by atoms with E-state index >= 15 is 0 Å². The quantitative estimate of drug-likeness (QED) is 0.161. The minimum absolute atomic E-state index is 0.0220. The normalized spacial score (nSPS) is 17.2. The average molecular weight is 700 g/mol. The molecule has 0 spiro atoms. The van der Waals surface area contributed by atoms with Gasteiger partial charge in [0.15, 0.2) is 0 Å². The number of aliphatic hydroxyl groups is 1. The van der Waals surface area contributed by atoms with Crippen LogP contribution in [0.2, 0.25) is 0 Å². The molecule has 1 aliphatic heterocycles. The van der Waals surface area contributed by atoms with Crippen LogP contribution in [0.15, 0.2) is 95.9 Å². The molecule has 1 aliphatic rings. The van der Waals surface area contributed by atoms with Crippen molar-refractivity contribution in [3.05, 3.63) is 113 Å². The van der Waals surface area contributed by atoms with Gasteiger partial charge in [-0.1, -0.05) is 48.9 Å². The van der Waals surface area contributed by atoms with Gasteiger partial charge in [-0.3, -0.25) is 19.2 Å². The van der Waals surface area contributed by atoms with E-state index in [-0.39, 0.29) is 41.8 Å². The van der Waals surface area contributed by atoms with E-state index in [0.717, 1.165) is 11.1 Å². The van der Waals surface area contributed by atoms with Crippen molar-refractivity contribution in [1.82, 2.24) is 9.80 Å². The lowest BCUT2D eigenvalue weighted by Crippen LogP contribution is -2.47. The minimum atomic E-state index is -3.86. The van der Waals surface area contributed by atoms with Crippen LogP contribution in [0.5, 0.6) is 5.75 Å². The van der Waals surface area contributed by atoms with Crippen LogP contribution in [-0.2, 0) is 27.8 Å². The summed E-state index contributed by atoms with van der Waals surface area (Å²) in [5.74, 6) is -0.0566. The molecule has 0 aromatic heterocycles. The second-order valence-corrected chi connectivity index (χ2v) is 14.7. The first kappa shape index (κ1) is 36.4. The smallest absolute Gasteiger partial charge is 0.261 e. The first-order chi connectivity index (χ1) is 23.8. The van der Waals surface area contributed by atoms with Crippen molar-refractivity contribution < 1.29 is 27.9 Å². The zero-order valence-corrected chi connectivity index (χ0v) is 29.6. The van der Waals surface area contributed by atoms with Crippen molar-refractivity contribution in [2.75, 3.05) is 42.5 Å². The van der Waals surface area contributed by atoms with Crippen LogP contribution in [0, 0.1) is 12.8 Å². The number of ether oxygens (including phenoxy) is 1. The fourth-order valence-corrected chi connectivity index (χ4v) is 6.94. The van der Waals surface area contributed by atoms with Crippen LogP contribution in [-0.4, -0.2) is 74.0 Å². The molecule has 4 aromatic carbocycles. The highest BCUT2D eigenvalue weighted by atomic mass is 32.2. The van der Waals surface area contributed by atoms with E-state index in [4.69, 9.17) is 10.5 Å². The fourth-order valence-electron chi connectivity index (χ4n) is 5.89. The second-order valence-electron chi connectivity index (χ2n) is 13.1. The van der Waals surface area contributed by atoms with Crippen LogP contribution in [0.4, 0.5) is 17.1 Å². The topological polar surface area (TPSA) is 154 Å². The molecule has 0 aliphatic carbocycles. The van der Waals surface area contributed by atoms with Gasteiger partial charge in [0, 0.05) is 42.4 Å². The van der Waals surface area contributed by atoms with Crippen molar-refractivity contribution in [2.24, 2.45) is 5.92 Å². The summed E-state index contributed by atoms with van der Waals surface area (Å²) >= 11 is 0. The SMILES string of the molecule is Cc1ccc(S(=O)(=O)Nc2ccc3c(c2)CC(=O)N([C@H](C)CO)C[C@@H](C)[C@H](CN(C)Cc2ccc(C(=O)Nc4ccccc4N)cc2)O3)cc1. The highest BCUT2D eigenvalue weighted by molar-refractivity contribution is 7.92. The van der Waals surface area contributed by atoms with E-state index in [0.29, 0.717) is 53.6 Å². The molecule has 5 rings (SSSR count). The van der Waals surface area contributed by atoms with Gasteiger partial charge in [-0.15, -0.1) is 0 Å². The lowest BCUT2D eigenvalue weighted by atomic mass is 10.0. The molecule has 264 valence electrons. The van der Waals surface area contributed by atoms with Gasteiger partial charge in [0.2, 0.25) is 5.91 Å². The number of anilines is 3. The fraction of sp³-hybridized carbons (Fsp3) is 0.316. The van der Waals surface area contributed by atoms with E-state index in [1.54, 1.807) is 84.6 Å². The van der Waals surface area contributed by atoms with Crippen LogP contribution in [0.1, 0.15) is 40.9 Å². The number of para-hydroxylation sites is 2. The number of nitrogens with zero attached hydrogens (tertiary/aromatic N) is 2. The van der Waals surface area contributed by atoms with Gasteiger partial charge in [-0.05, 0) is 81.1 Å². The first-order valence-corrected chi connectivity index (χ1v) is 18.0. The molecule has 50 heavy (non-hydrogen) atoms. The molecule has 0 saturated heterocycles. The van der Waals surface area contributed by atoms with Gasteiger partial charge in [-0.2, -0.15) is 0 Å². The summed E-state index contributed by atoms with van der Waals surface area (Å²) in [6.07, 6.45) is -0.374. The Labute approximate surface area is 294 Å². The van der Waals surface area contributed by atoms with Gasteiger partial charge in [0.1, 0.15) is 11.9 Å². The zero-order valence-electron chi connectivity index (χ0n) is 28.8. The van der Waals surface area contributed by atoms with Gasteiger partial charge in [0.25, 0.3) is 15.9 Å². The molecule has 0 bridgehead atoms. The van der Waals surface area contributed by atoms with E-state index in [1.807, 2.05) is 39.1 Å². The number of sulfonamides is 1. The Morgan fingerprint density at radius 2 is 1.76 bits per heavy atom. The number of fused-ring (bicyclic) bond motifs is 1. The summed E-state index contributed by atoms with van der Waals surface area (Å²) in [5.41, 5.74) is 10.3. The summed E-state index contributed by atoms with van der Waals surface area (Å²) in [6, 6.07) is 25.6. The second kappa shape index (κ2) is 15.8. The van der Waals surface area contributed by atoms with Gasteiger partial charge >= 0.3 is 0 Å². The molecular weight excluding hydrogens is 655 g/mol. The third kappa shape index (κ3) is 9.00. The standard InChI is InChI=1S/C38H45N5O6S/c1-25-9-16-32(17-10-25)50(47,48)41-31-15-18-35-30(19-31)20-37(45)43(27(3)24-44)21-26(2)36(49-35)23-42(4)22-28-11-13-29(14-12-28)38(46)40-34-8-6-5-7-33(34)39/h5-19,26-27,36,41,44H,20-24,39H2,1-4H3,(H,40,46)/t26-,27-,36+/m1/s1. The van der Waals surface area contributed by atoms with Crippen LogP contribution < -0.4 is 20.5 Å². The number of aliphatic hydroxyl groups excluding tert-OH is 1. The number of nitrogens with one attached hydrogen (secondary N) is 2. The number of hydrogen-bond acceptors (Lipinski definition) is 8. The first-order valence-electron chi connectivity index (χ1n) is 16.6. The Morgan fingerprint density at radius 1 is 1.06 bits per heavy atom. The van der Waals surface area contributed by atoms with Gasteiger partial charge in [0.05, 0.1) is 35.3 Å². The summed E-state index contributed by atoms with van der Waals surface area (Å²) in [4.78, 5) is 30.3. The molecule has 2 amide bonds. The predicted molar refractivity (Wildman–Crippen MR) is 196 cm³/mol. The third-order valence-electron chi connectivity index (χ3n) is 8.87. The Kier molecular flexibility index (Phi) is 11.5. The average Bonchev–Trinajstić information content (AvgIpc) is 3.12. The number of carbonyl (C=O) groups is 2. The van der Waals surface area contributed by atoms with Crippen molar-refractivity contribution in [1.29, 1.82) is 0 Å². The number of hydrogen-bond donors (Lipinski definition) is 4. The lowest BCUT2D eigenvalue weighted by Gasteiger charge is -2.34. The number of rotatable bonds is 11. The van der Waals surface area contributed by atoms with Crippen molar-refractivity contribution in [2.45, 2.75) is 50.8 Å². The summed E-state index contributed by atoms with van der Waals surface area (Å²) < 4.78 is 35.5. The number of likely N-dealkylation sites (N-methyl/N-ethyl adjacent to an activating group) is 1. The Morgan fingerprint density at radius 3 is 2.44 bits per heavy atom. The van der Waals surface area contributed by atoms with E-state index in [2.05, 4.69) is 14.9 Å². The maximum Gasteiger partial charge on any atom is 0.261 e. The number of nitrogens with two attached hydrogens (primary N) is 1. The van der Waals surface area contributed by atoms with Crippen LogP contribution >= 0.6 is 0 Å². The monoisotopic (exact) mass is 699 g/mol. The van der Waals surface area contributed by atoms with Crippen molar-refractivity contribution in [3.63, 3.8) is 0 Å². The highest BCUT2D eigenvalue weighted by Gasteiger charge is 2.31. The van der Waals surface area contributed by atoms with Crippen molar-refractivity contribution >= 4 is 38.9 Å². The zero-order chi connectivity index (χ0) is 36.0. The number of carbonyl (C=O) groups excluding carboxylic acids is 2. The van der Waals surface area contributed by atoms with E-state index in [1.165, 1.54) is 0 Å². The molecule has 5 N–H and O–H groups in total. The van der Waals surface area contributed by atoms with Gasteiger partial charge < -0.3 is 25.8 Å². The number of benzene rings is 4. The third-order valence-corrected chi connectivity index (χ3v) is 10.3. The largest absolute Gasteiger partial charge is 0.488 e. The summed E-state index contributed by atoms with van der Waals surface area (Å²) in [7, 11) is -1.89. The number of aryl methyl sites for hydroxylation is 1. The molecule has 0 unspecified atom stereocenters. The predicted octanol–water partition coefficient (Wildman–Crippen LogP) is 4.91. The van der Waals surface area contributed by atoms with Crippen LogP contribution in [0.25, 0.3) is 0 Å². The van der Waals surface area contributed by atoms with E-state index in [9.17, 15) is 23.1 Å². The Bertz CT molecular complexity index is 1920. The molecule has 1 heterocycles. The molecule has 11 nitrogen and oxygen atoms in total. The Balaban J connectivity index is 1.33. The van der Waals surface area contributed by atoms with Gasteiger partial charge in [-0.25, -0.2) is 8.42 Å². The molecule has 0 saturated carbocycles. The molecular formula is C38H45N5O6S. The highest BCUT2D eigenvalue weighted by Crippen LogP contribution is 2.30. The summed E-state index contributed by atoms with van der Waals surface area (Å²) in [5, 5.41) is 12.8. The van der Waals surface area contributed by atoms with Crippen LogP contribution in [0.3, 0.4) is 0 Å². The number of nitrogen functional groups attached to an aromatic ring is 1. The van der Waals surface area contributed by atoms with Crippen molar-refractivity contribution in [3.8, 4) is 5.75 Å². The maximum atomic E-state index is 13.6. The molecule has 0 fully saturated rings. The lowest BCUT2D eigenvalue weighted by molar-refractivity contribution is -0.134. The molecule has 4 aromatic rings. The minimum Gasteiger partial charge on any atom is -0.488 e. The molecule has 3 atom stereocenters. The molecule has 12 heteroatoms. The maximum absolute atomic E-state index is 13.6. The van der Waals surface area contributed by atoms with E-state index < -0.39 is 16.1 Å². The summed E-state index contributed by atoms with van der Waals surface area (Å²) in [6.45, 7) is 6.96. The number of amides is 2. The Hall–Kier alpha value is -4.91.